The Labute approximate surface area is 173 Å². The van der Waals surface area contributed by atoms with Crippen molar-refractivity contribution in [2.45, 2.75) is 56.7 Å². The Morgan fingerprint density at radius 1 is 1.31 bits per heavy atom. The van der Waals surface area contributed by atoms with Crippen molar-refractivity contribution in [3.05, 3.63) is 29.3 Å². The lowest BCUT2D eigenvalue weighted by molar-refractivity contribution is -0.136. The lowest BCUT2D eigenvalue weighted by Crippen LogP contribution is -2.52. The van der Waals surface area contributed by atoms with Gasteiger partial charge in [0.25, 0.3) is 5.91 Å². The summed E-state index contributed by atoms with van der Waals surface area (Å²) in [6, 6.07) is 4.87. The molecule has 1 saturated heterocycles. The number of hydrogen-bond donors (Lipinski definition) is 2. The molecule has 0 aromatic heterocycles. The van der Waals surface area contributed by atoms with E-state index in [2.05, 4.69) is 10.6 Å². The molecular weight excluding hydrogens is 394 g/mol. The number of benzene rings is 1. The van der Waals surface area contributed by atoms with Gasteiger partial charge in [-0.2, -0.15) is 0 Å². The van der Waals surface area contributed by atoms with E-state index >= 15 is 0 Å². The average Bonchev–Trinajstić information content (AvgIpc) is 2.95. The van der Waals surface area contributed by atoms with Crippen LogP contribution in [-0.4, -0.2) is 52.7 Å². The highest BCUT2D eigenvalue weighted by Gasteiger charge is 2.39. The first-order valence-corrected chi connectivity index (χ1v) is 10.5. The molecule has 29 heavy (non-hydrogen) atoms. The summed E-state index contributed by atoms with van der Waals surface area (Å²) >= 11 is 1.53. The average molecular weight is 420 g/mol. The first-order valence-electron chi connectivity index (χ1n) is 9.52. The third kappa shape index (κ3) is 5.09. The number of carbonyl (C=O) groups is 4. The largest absolute Gasteiger partial charge is 0.444 e. The van der Waals surface area contributed by atoms with E-state index in [1.165, 1.54) is 16.7 Å². The van der Waals surface area contributed by atoms with Crippen molar-refractivity contribution in [2.24, 2.45) is 0 Å². The molecule has 156 valence electrons. The summed E-state index contributed by atoms with van der Waals surface area (Å²) in [5.74, 6) is -0.298. The summed E-state index contributed by atoms with van der Waals surface area (Å²) in [6.45, 7) is 6.18. The van der Waals surface area contributed by atoms with Gasteiger partial charge in [-0.05, 0) is 44.9 Å². The molecule has 1 atom stereocenters. The van der Waals surface area contributed by atoms with Crippen LogP contribution in [0.4, 0.5) is 4.79 Å². The number of thioether (sulfide) groups is 1. The Balaban J connectivity index is 1.60. The summed E-state index contributed by atoms with van der Waals surface area (Å²) < 4.78 is 5.20. The SMILES string of the molecule is CC(C)(C)OC(=O)NCCSc1cccc2c1CN(C1CCC(=O)NC1=O)C2=O. The van der Waals surface area contributed by atoms with Crippen LogP contribution in [0.5, 0.6) is 0 Å². The number of nitrogens with one attached hydrogen (secondary N) is 2. The van der Waals surface area contributed by atoms with Gasteiger partial charge in [0.05, 0.1) is 0 Å². The summed E-state index contributed by atoms with van der Waals surface area (Å²) in [5, 5.41) is 5.02. The van der Waals surface area contributed by atoms with Crippen LogP contribution < -0.4 is 10.6 Å². The molecule has 4 amide bonds. The lowest BCUT2D eigenvalue weighted by Gasteiger charge is -2.29. The Bertz CT molecular complexity index is 849. The molecule has 2 aliphatic heterocycles. The quantitative estimate of drug-likeness (QED) is 0.430. The van der Waals surface area contributed by atoms with E-state index < -0.39 is 23.6 Å². The number of piperidine rings is 1. The molecule has 0 saturated carbocycles. The molecule has 1 aromatic rings. The fourth-order valence-electron chi connectivity index (χ4n) is 3.32. The first kappa shape index (κ1) is 21.2. The third-order valence-electron chi connectivity index (χ3n) is 4.57. The minimum absolute atomic E-state index is 0.191. The second-order valence-corrected chi connectivity index (χ2v) is 9.10. The lowest BCUT2D eigenvalue weighted by atomic mass is 10.0. The second kappa shape index (κ2) is 8.44. The number of carbonyl (C=O) groups excluding carboxylic acids is 4. The van der Waals surface area contributed by atoms with Crippen LogP contribution in [0.1, 0.15) is 49.5 Å². The fourth-order valence-corrected chi connectivity index (χ4v) is 4.27. The number of alkyl carbamates (subject to hydrolysis) is 1. The molecular formula is C20H25N3O5S. The van der Waals surface area contributed by atoms with Crippen LogP contribution in [0.15, 0.2) is 23.1 Å². The van der Waals surface area contributed by atoms with E-state index in [-0.39, 0.29) is 18.2 Å². The molecule has 8 nitrogen and oxygen atoms in total. The van der Waals surface area contributed by atoms with Gasteiger partial charge in [-0.1, -0.05) is 6.07 Å². The van der Waals surface area contributed by atoms with Gasteiger partial charge >= 0.3 is 6.09 Å². The molecule has 0 spiro atoms. The Kier molecular flexibility index (Phi) is 6.16. The number of hydrogen-bond acceptors (Lipinski definition) is 6. The van der Waals surface area contributed by atoms with E-state index in [0.717, 1.165) is 10.5 Å². The van der Waals surface area contributed by atoms with Crippen LogP contribution in [0, 0.1) is 0 Å². The monoisotopic (exact) mass is 419 g/mol. The zero-order valence-corrected chi connectivity index (χ0v) is 17.6. The topological polar surface area (TPSA) is 105 Å². The molecule has 9 heteroatoms. The van der Waals surface area contributed by atoms with Gasteiger partial charge in [-0.3, -0.25) is 19.7 Å². The molecule has 2 N–H and O–H groups in total. The maximum absolute atomic E-state index is 12.8. The standard InChI is InChI=1S/C20H25N3O5S/c1-20(2,3)28-19(27)21-9-10-29-15-6-4-5-12-13(15)11-23(18(12)26)14-7-8-16(24)22-17(14)25/h4-6,14H,7-11H2,1-3H3,(H,21,27)(H,22,24,25). The minimum Gasteiger partial charge on any atom is -0.444 e. The number of ether oxygens (including phenoxy) is 1. The second-order valence-electron chi connectivity index (χ2n) is 7.96. The van der Waals surface area contributed by atoms with Gasteiger partial charge in [0.1, 0.15) is 11.6 Å². The predicted molar refractivity (Wildman–Crippen MR) is 107 cm³/mol. The minimum atomic E-state index is -0.626. The van der Waals surface area contributed by atoms with Crippen LogP contribution in [0.25, 0.3) is 0 Å². The van der Waals surface area contributed by atoms with Gasteiger partial charge in [-0.25, -0.2) is 4.79 Å². The van der Waals surface area contributed by atoms with Crippen LogP contribution >= 0.6 is 11.8 Å². The van der Waals surface area contributed by atoms with E-state index in [0.29, 0.717) is 30.8 Å². The van der Waals surface area contributed by atoms with E-state index in [9.17, 15) is 19.2 Å². The van der Waals surface area contributed by atoms with E-state index in [1.807, 2.05) is 12.1 Å². The van der Waals surface area contributed by atoms with Crippen molar-refractivity contribution >= 4 is 35.6 Å². The summed E-state index contributed by atoms with van der Waals surface area (Å²) in [4.78, 5) is 50.5. The summed E-state index contributed by atoms with van der Waals surface area (Å²) in [7, 11) is 0. The third-order valence-corrected chi connectivity index (χ3v) is 5.67. The fraction of sp³-hybridized carbons (Fsp3) is 0.500. The number of rotatable bonds is 5. The molecule has 1 fully saturated rings. The number of amides is 4. The zero-order valence-electron chi connectivity index (χ0n) is 16.7. The summed E-state index contributed by atoms with van der Waals surface area (Å²) in [6.07, 6.45) is 0.108. The molecule has 0 radical (unpaired) electrons. The van der Waals surface area contributed by atoms with Crippen molar-refractivity contribution in [3.8, 4) is 0 Å². The van der Waals surface area contributed by atoms with Crippen molar-refractivity contribution in [1.82, 2.24) is 15.5 Å². The molecule has 1 unspecified atom stereocenters. The highest BCUT2D eigenvalue weighted by Crippen LogP contribution is 2.34. The van der Waals surface area contributed by atoms with Gasteiger partial charge < -0.3 is 15.0 Å². The molecule has 2 aliphatic rings. The van der Waals surface area contributed by atoms with Gasteiger partial charge in [0.2, 0.25) is 11.8 Å². The van der Waals surface area contributed by atoms with Gasteiger partial charge in [0.15, 0.2) is 0 Å². The summed E-state index contributed by atoms with van der Waals surface area (Å²) in [5.41, 5.74) is 0.918. The molecule has 1 aromatic carbocycles. The number of fused-ring (bicyclic) bond motifs is 1. The Hall–Kier alpha value is -2.55. The number of imide groups is 1. The smallest absolute Gasteiger partial charge is 0.407 e. The van der Waals surface area contributed by atoms with Gasteiger partial charge in [-0.15, -0.1) is 11.8 Å². The highest BCUT2D eigenvalue weighted by molar-refractivity contribution is 7.99. The van der Waals surface area contributed by atoms with Crippen molar-refractivity contribution < 1.29 is 23.9 Å². The zero-order chi connectivity index (χ0) is 21.2. The van der Waals surface area contributed by atoms with Crippen LogP contribution in [-0.2, 0) is 20.9 Å². The number of nitrogens with zero attached hydrogens (tertiary/aromatic N) is 1. The normalized spacial score (nSPS) is 19.1. The molecule has 0 bridgehead atoms. The molecule has 0 aliphatic carbocycles. The predicted octanol–water partition coefficient (Wildman–Crippen LogP) is 2.06. The maximum atomic E-state index is 12.8. The van der Waals surface area contributed by atoms with Crippen molar-refractivity contribution in [1.29, 1.82) is 0 Å². The highest BCUT2D eigenvalue weighted by atomic mass is 32.2. The van der Waals surface area contributed by atoms with E-state index in [4.69, 9.17) is 4.74 Å². The Morgan fingerprint density at radius 2 is 2.07 bits per heavy atom. The van der Waals surface area contributed by atoms with E-state index in [1.54, 1.807) is 26.8 Å². The van der Waals surface area contributed by atoms with Crippen LogP contribution in [0.3, 0.4) is 0 Å². The van der Waals surface area contributed by atoms with Crippen molar-refractivity contribution in [2.75, 3.05) is 12.3 Å². The molecule has 3 rings (SSSR count). The van der Waals surface area contributed by atoms with Crippen LogP contribution in [0.2, 0.25) is 0 Å². The first-order chi connectivity index (χ1) is 13.7. The van der Waals surface area contributed by atoms with Gasteiger partial charge in [0, 0.05) is 35.7 Å². The molecule has 2 heterocycles. The van der Waals surface area contributed by atoms with Crippen molar-refractivity contribution in [3.63, 3.8) is 0 Å². The maximum Gasteiger partial charge on any atom is 0.407 e. The Morgan fingerprint density at radius 3 is 2.76 bits per heavy atom.